The minimum atomic E-state index is -1.11. The first-order chi connectivity index (χ1) is 7.01. The normalized spacial score (nSPS) is 11.7. The van der Waals surface area contributed by atoms with Crippen LogP contribution in [0, 0.1) is 0 Å². The van der Waals surface area contributed by atoms with Crippen LogP contribution in [0.15, 0.2) is 29.2 Å². The van der Waals surface area contributed by atoms with Gasteiger partial charge >= 0.3 is 0 Å². The molecule has 0 aromatic heterocycles. The highest BCUT2D eigenvalue weighted by atomic mass is 32.2. The molecule has 0 saturated carbocycles. The van der Waals surface area contributed by atoms with Gasteiger partial charge in [-0.3, -0.25) is 0 Å². The number of benzene rings is 1. The minimum absolute atomic E-state index is 0.489. The van der Waals surface area contributed by atoms with Crippen LogP contribution in [0.5, 0.6) is 0 Å². The summed E-state index contributed by atoms with van der Waals surface area (Å²) < 4.78 is 13.2. The first-order valence-corrected chi connectivity index (χ1v) is 6.10. The summed E-state index contributed by atoms with van der Waals surface area (Å²) in [4.78, 5) is 1.11. The third-order valence-electron chi connectivity index (χ3n) is 1.94. The molecule has 1 aromatic carbocycles. The minimum Gasteiger partial charge on any atom is -0.330 e. The Balaban J connectivity index is 2.50. The fraction of sp³-hybridized carbons (Fsp3) is 0.500. The lowest BCUT2D eigenvalue weighted by molar-refractivity contribution is 0.253. The van der Waals surface area contributed by atoms with Gasteiger partial charge in [0.25, 0.3) is 0 Å². The lowest BCUT2D eigenvalue weighted by atomic mass is 10.2. The molecule has 0 spiro atoms. The van der Waals surface area contributed by atoms with E-state index in [4.69, 9.17) is 5.73 Å². The van der Waals surface area contributed by atoms with Crippen LogP contribution in [-0.4, -0.2) is 18.0 Å². The van der Waals surface area contributed by atoms with E-state index in [9.17, 15) is 4.39 Å². The highest BCUT2D eigenvalue weighted by molar-refractivity contribution is 7.99. The molecule has 0 aliphatic carbocycles. The number of thioether (sulfide) groups is 1. The highest BCUT2D eigenvalue weighted by Gasteiger charge is 2.15. The van der Waals surface area contributed by atoms with Crippen molar-refractivity contribution in [2.24, 2.45) is 5.73 Å². The molecule has 84 valence electrons. The maximum absolute atomic E-state index is 13.2. The van der Waals surface area contributed by atoms with Crippen molar-refractivity contribution in [2.45, 2.75) is 30.8 Å². The number of hydrogen-bond acceptors (Lipinski definition) is 2. The van der Waals surface area contributed by atoms with E-state index < -0.39 is 5.67 Å². The van der Waals surface area contributed by atoms with Crippen LogP contribution >= 0.6 is 11.8 Å². The molecule has 0 atom stereocenters. The van der Waals surface area contributed by atoms with Crippen LogP contribution in [-0.2, 0) is 6.42 Å². The molecule has 1 nitrogen and oxygen atoms in total. The van der Waals surface area contributed by atoms with Crippen molar-refractivity contribution in [1.29, 1.82) is 0 Å². The van der Waals surface area contributed by atoms with Gasteiger partial charge in [0, 0.05) is 10.6 Å². The number of rotatable bonds is 5. The van der Waals surface area contributed by atoms with Crippen molar-refractivity contribution in [2.75, 3.05) is 12.3 Å². The van der Waals surface area contributed by atoms with Gasteiger partial charge in [-0.25, -0.2) is 4.39 Å². The Labute approximate surface area is 95.2 Å². The number of halogens is 1. The Bertz CT molecular complexity index is 289. The molecule has 0 aliphatic rings. The molecule has 0 bridgehead atoms. The van der Waals surface area contributed by atoms with Crippen LogP contribution in [0.4, 0.5) is 4.39 Å². The SMILES string of the molecule is CC(C)(F)CSc1ccc(CCN)cc1. The Morgan fingerprint density at radius 3 is 2.33 bits per heavy atom. The Morgan fingerprint density at radius 1 is 1.27 bits per heavy atom. The zero-order valence-electron chi connectivity index (χ0n) is 9.29. The van der Waals surface area contributed by atoms with Crippen molar-refractivity contribution >= 4 is 11.8 Å². The predicted molar refractivity (Wildman–Crippen MR) is 65.1 cm³/mol. The van der Waals surface area contributed by atoms with Crippen molar-refractivity contribution in [3.05, 3.63) is 29.8 Å². The van der Waals surface area contributed by atoms with Gasteiger partial charge in [0.15, 0.2) is 0 Å². The van der Waals surface area contributed by atoms with Crippen molar-refractivity contribution in [1.82, 2.24) is 0 Å². The Morgan fingerprint density at radius 2 is 1.87 bits per heavy atom. The maximum Gasteiger partial charge on any atom is 0.114 e. The van der Waals surface area contributed by atoms with Gasteiger partial charge in [0.2, 0.25) is 0 Å². The molecule has 15 heavy (non-hydrogen) atoms. The van der Waals surface area contributed by atoms with Crippen molar-refractivity contribution in [3.8, 4) is 0 Å². The van der Waals surface area contributed by atoms with Gasteiger partial charge < -0.3 is 5.73 Å². The summed E-state index contributed by atoms with van der Waals surface area (Å²) in [5.74, 6) is 0.489. The zero-order chi connectivity index (χ0) is 11.3. The van der Waals surface area contributed by atoms with Crippen LogP contribution in [0.3, 0.4) is 0 Å². The zero-order valence-corrected chi connectivity index (χ0v) is 10.1. The van der Waals surface area contributed by atoms with Gasteiger partial charge in [0.1, 0.15) is 5.67 Å². The van der Waals surface area contributed by atoms with Crippen LogP contribution in [0.2, 0.25) is 0 Å². The van der Waals surface area contributed by atoms with E-state index in [0.717, 1.165) is 11.3 Å². The Kier molecular flexibility index (Phi) is 4.61. The van der Waals surface area contributed by atoms with Crippen LogP contribution in [0.1, 0.15) is 19.4 Å². The summed E-state index contributed by atoms with van der Waals surface area (Å²) in [5.41, 5.74) is 5.59. The van der Waals surface area contributed by atoms with E-state index in [-0.39, 0.29) is 0 Å². The second kappa shape index (κ2) is 5.52. The molecule has 1 rings (SSSR count). The molecule has 0 heterocycles. The smallest absolute Gasteiger partial charge is 0.114 e. The molecule has 0 unspecified atom stereocenters. The number of nitrogens with two attached hydrogens (primary N) is 1. The molecule has 0 fully saturated rings. The average Bonchev–Trinajstić information content (AvgIpc) is 2.16. The molecular formula is C12H18FNS. The fourth-order valence-electron chi connectivity index (χ4n) is 1.17. The van der Waals surface area contributed by atoms with Crippen LogP contribution < -0.4 is 5.73 Å². The average molecular weight is 227 g/mol. The molecule has 3 heteroatoms. The molecule has 0 amide bonds. The second-order valence-corrected chi connectivity index (χ2v) is 5.24. The molecule has 2 N–H and O–H groups in total. The topological polar surface area (TPSA) is 26.0 Å². The number of hydrogen-bond donors (Lipinski definition) is 1. The maximum atomic E-state index is 13.2. The second-order valence-electron chi connectivity index (χ2n) is 4.19. The molecule has 0 aliphatic heterocycles. The summed E-state index contributed by atoms with van der Waals surface area (Å²) in [7, 11) is 0. The van der Waals surface area contributed by atoms with E-state index in [1.165, 1.54) is 5.56 Å². The summed E-state index contributed by atoms with van der Waals surface area (Å²) in [6, 6.07) is 8.17. The Hall–Kier alpha value is -0.540. The lowest BCUT2D eigenvalue weighted by Crippen LogP contribution is -2.14. The van der Waals surface area contributed by atoms with Gasteiger partial charge in [0.05, 0.1) is 0 Å². The third-order valence-corrected chi connectivity index (χ3v) is 3.37. The van der Waals surface area contributed by atoms with Crippen molar-refractivity contribution in [3.63, 3.8) is 0 Å². The van der Waals surface area contributed by atoms with Crippen LogP contribution in [0.25, 0.3) is 0 Å². The quantitative estimate of drug-likeness (QED) is 0.782. The van der Waals surface area contributed by atoms with E-state index in [1.54, 1.807) is 25.6 Å². The van der Waals surface area contributed by atoms with Gasteiger partial charge in [-0.15, -0.1) is 11.8 Å². The summed E-state index contributed by atoms with van der Waals surface area (Å²) in [6.07, 6.45) is 0.902. The van der Waals surface area contributed by atoms with E-state index in [0.29, 0.717) is 12.3 Å². The summed E-state index contributed by atoms with van der Waals surface area (Å²) >= 11 is 1.55. The first-order valence-electron chi connectivity index (χ1n) is 5.12. The predicted octanol–water partition coefficient (Wildman–Crippen LogP) is 3.03. The molecule has 1 aromatic rings. The standard InChI is InChI=1S/C12H18FNS/c1-12(2,13)9-15-11-5-3-10(4-6-11)7-8-14/h3-6H,7-9,14H2,1-2H3. The number of alkyl halides is 1. The lowest BCUT2D eigenvalue weighted by Gasteiger charge is -2.13. The first kappa shape index (κ1) is 12.5. The molecular weight excluding hydrogens is 209 g/mol. The summed E-state index contributed by atoms with van der Waals surface area (Å²) in [5, 5.41) is 0. The van der Waals surface area contributed by atoms with Crippen molar-refractivity contribution < 1.29 is 4.39 Å². The van der Waals surface area contributed by atoms with E-state index in [1.807, 2.05) is 12.1 Å². The fourth-order valence-corrected chi connectivity index (χ4v) is 2.01. The van der Waals surface area contributed by atoms with Gasteiger partial charge in [-0.05, 0) is 44.5 Å². The van der Waals surface area contributed by atoms with Gasteiger partial charge in [-0.2, -0.15) is 0 Å². The monoisotopic (exact) mass is 227 g/mol. The largest absolute Gasteiger partial charge is 0.330 e. The molecule has 0 saturated heterocycles. The van der Waals surface area contributed by atoms with E-state index in [2.05, 4.69) is 12.1 Å². The highest BCUT2D eigenvalue weighted by Crippen LogP contribution is 2.24. The van der Waals surface area contributed by atoms with E-state index >= 15 is 0 Å². The van der Waals surface area contributed by atoms with Gasteiger partial charge in [-0.1, -0.05) is 12.1 Å². The summed E-state index contributed by atoms with van der Waals surface area (Å²) in [6.45, 7) is 3.87. The molecule has 0 radical (unpaired) electrons. The third kappa shape index (κ3) is 5.19.